The van der Waals surface area contributed by atoms with Gasteiger partial charge >= 0.3 is 0 Å². The lowest BCUT2D eigenvalue weighted by atomic mass is 10.2. The van der Waals surface area contributed by atoms with Crippen LogP contribution in [0.4, 0.5) is 23.0 Å². The normalized spacial score (nSPS) is 15.6. The number of nitrogens with zero attached hydrogens (tertiary/aromatic N) is 4. The van der Waals surface area contributed by atoms with E-state index in [9.17, 15) is 0 Å². The molecule has 0 amide bonds. The van der Waals surface area contributed by atoms with Gasteiger partial charge in [-0.25, -0.2) is 9.97 Å². The van der Waals surface area contributed by atoms with Crippen molar-refractivity contribution in [3.05, 3.63) is 36.7 Å². The summed E-state index contributed by atoms with van der Waals surface area (Å²) >= 11 is 0. The maximum atomic E-state index is 4.28. The van der Waals surface area contributed by atoms with Crippen LogP contribution < -0.4 is 15.5 Å². The molecule has 6 heteroatoms. The van der Waals surface area contributed by atoms with Gasteiger partial charge in [-0.3, -0.25) is 0 Å². The van der Waals surface area contributed by atoms with Crippen LogP contribution >= 0.6 is 0 Å². The Hall–Kier alpha value is -2.34. The smallest absolute Gasteiger partial charge is 0.135 e. The molecule has 0 radical (unpaired) electrons. The summed E-state index contributed by atoms with van der Waals surface area (Å²) in [5.41, 5.74) is 2.31. The molecular formula is C18H26N6. The van der Waals surface area contributed by atoms with Gasteiger partial charge in [-0.2, -0.15) is 0 Å². The summed E-state index contributed by atoms with van der Waals surface area (Å²) in [5.74, 6) is 1.62. The molecule has 3 rings (SSSR count). The van der Waals surface area contributed by atoms with E-state index in [0.29, 0.717) is 6.04 Å². The summed E-state index contributed by atoms with van der Waals surface area (Å²) in [6, 6.07) is 10.8. The lowest BCUT2D eigenvalue weighted by molar-refractivity contribution is 0.313. The van der Waals surface area contributed by atoms with Gasteiger partial charge in [0.25, 0.3) is 0 Å². The van der Waals surface area contributed by atoms with Crippen molar-refractivity contribution in [2.45, 2.75) is 19.9 Å². The predicted molar refractivity (Wildman–Crippen MR) is 100 cm³/mol. The second kappa shape index (κ2) is 7.49. The molecule has 0 bridgehead atoms. The molecule has 24 heavy (non-hydrogen) atoms. The number of hydrogen-bond acceptors (Lipinski definition) is 6. The van der Waals surface area contributed by atoms with E-state index in [4.69, 9.17) is 0 Å². The highest BCUT2D eigenvalue weighted by Crippen LogP contribution is 2.22. The van der Waals surface area contributed by atoms with Crippen LogP contribution in [0.3, 0.4) is 0 Å². The minimum atomic E-state index is 0.343. The molecule has 2 aromatic rings. The van der Waals surface area contributed by atoms with Crippen LogP contribution in [0.25, 0.3) is 0 Å². The van der Waals surface area contributed by atoms with E-state index in [1.54, 1.807) is 6.33 Å². The molecule has 1 fully saturated rings. The standard InChI is InChI=1S/C18H26N6/c1-14(2)21-17-12-18(20-13-19-17)22-15-4-6-16(7-5-15)24-10-8-23(3)9-11-24/h4-7,12-14H,8-11H2,1-3H3,(H2,19,20,21,22). The number of anilines is 4. The number of aromatic nitrogens is 2. The fourth-order valence-electron chi connectivity index (χ4n) is 2.77. The van der Waals surface area contributed by atoms with Crippen molar-refractivity contribution < 1.29 is 0 Å². The number of hydrogen-bond donors (Lipinski definition) is 2. The molecule has 0 atom stereocenters. The molecule has 0 spiro atoms. The van der Waals surface area contributed by atoms with Crippen LogP contribution in [-0.4, -0.2) is 54.1 Å². The van der Waals surface area contributed by atoms with E-state index in [1.165, 1.54) is 5.69 Å². The van der Waals surface area contributed by atoms with Gasteiger partial charge in [-0.15, -0.1) is 0 Å². The summed E-state index contributed by atoms with van der Waals surface area (Å²) in [7, 11) is 2.18. The first kappa shape index (κ1) is 16.5. The van der Waals surface area contributed by atoms with Gasteiger partial charge in [0, 0.05) is 49.7 Å². The minimum Gasteiger partial charge on any atom is -0.369 e. The van der Waals surface area contributed by atoms with Gasteiger partial charge in [-0.05, 0) is 45.2 Å². The molecule has 0 aliphatic carbocycles. The highest BCUT2D eigenvalue weighted by molar-refractivity contribution is 5.62. The third-order valence-electron chi connectivity index (χ3n) is 4.11. The van der Waals surface area contributed by atoms with Gasteiger partial charge in [-0.1, -0.05) is 0 Å². The van der Waals surface area contributed by atoms with Gasteiger partial charge in [0.2, 0.25) is 0 Å². The Morgan fingerprint density at radius 2 is 1.62 bits per heavy atom. The summed E-state index contributed by atoms with van der Waals surface area (Å²) in [6.07, 6.45) is 1.58. The zero-order valence-electron chi connectivity index (χ0n) is 14.7. The van der Waals surface area contributed by atoms with E-state index in [1.807, 2.05) is 6.07 Å². The summed E-state index contributed by atoms with van der Waals surface area (Å²) in [5, 5.41) is 6.62. The largest absolute Gasteiger partial charge is 0.369 e. The Labute approximate surface area is 143 Å². The fourth-order valence-corrected chi connectivity index (χ4v) is 2.77. The van der Waals surface area contributed by atoms with Gasteiger partial charge in [0.05, 0.1) is 0 Å². The number of benzene rings is 1. The molecule has 1 aromatic heterocycles. The zero-order valence-corrected chi connectivity index (χ0v) is 14.7. The Morgan fingerprint density at radius 3 is 2.29 bits per heavy atom. The molecule has 128 valence electrons. The Bertz CT molecular complexity index is 647. The van der Waals surface area contributed by atoms with Crippen LogP contribution in [0.2, 0.25) is 0 Å². The molecule has 2 N–H and O–H groups in total. The van der Waals surface area contributed by atoms with Crippen molar-refractivity contribution >= 4 is 23.0 Å². The SMILES string of the molecule is CC(C)Nc1cc(Nc2ccc(N3CCN(C)CC3)cc2)ncn1. The van der Waals surface area contributed by atoms with Crippen molar-refractivity contribution in [1.29, 1.82) is 0 Å². The number of likely N-dealkylation sites (N-methyl/N-ethyl adjacent to an activating group) is 1. The van der Waals surface area contributed by atoms with Crippen molar-refractivity contribution in [1.82, 2.24) is 14.9 Å². The highest BCUT2D eigenvalue weighted by Gasteiger charge is 2.13. The average Bonchev–Trinajstić information content (AvgIpc) is 2.56. The van der Waals surface area contributed by atoms with E-state index in [2.05, 4.69) is 75.6 Å². The van der Waals surface area contributed by atoms with Gasteiger partial charge < -0.3 is 20.4 Å². The van der Waals surface area contributed by atoms with Gasteiger partial charge in [0.1, 0.15) is 18.0 Å². The van der Waals surface area contributed by atoms with Crippen LogP contribution in [0.15, 0.2) is 36.7 Å². The zero-order chi connectivity index (χ0) is 16.9. The Morgan fingerprint density at radius 1 is 0.958 bits per heavy atom. The van der Waals surface area contributed by atoms with E-state index in [0.717, 1.165) is 43.5 Å². The summed E-state index contributed by atoms with van der Waals surface area (Å²) in [4.78, 5) is 13.3. The van der Waals surface area contributed by atoms with Crippen LogP contribution in [0.1, 0.15) is 13.8 Å². The number of nitrogens with one attached hydrogen (secondary N) is 2. The molecule has 1 aliphatic rings. The van der Waals surface area contributed by atoms with Crippen molar-refractivity contribution in [2.24, 2.45) is 0 Å². The second-order valence-electron chi connectivity index (χ2n) is 6.55. The first-order valence-electron chi connectivity index (χ1n) is 8.49. The molecular weight excluding hydrogens is 300 g/mol. The molecule has 0 saturated carbocycles. The molecule has 0 unspecified atom stereocenters. The maximum Gasteiger partial charge on any atom is 0.135 e. The Kier molecular flexibility index (Phi) is 5.15. The van der Waals surface area contributed by atoms with Crippen molar-refractivity contribution in [2.75, 3.05) is 48.8 Å². The quantitative estimate of drug-likeness (QED) is 0.881. The lowest BCUT2D eigenvalue weighted by Crippen LogP contribution is -2.44. The molecule has 1 aliphatic heterocycles. The van der Waals surface area contributed by atoms with E-state index in [-0.39, 0.29) is 0 Å². The third kappa shape index (κ3) is 4.35. The molecule has 1 saturated heterocycles. The van der Waals surface area contributed by atoms with Crippen LogP contribution in [0, 0.1) is 0 Å². The first-order valence-corrected chi connectivity index (χ1v) is 8.49. The van der Waals surface area contributed by atoms with Crippen LogP contribution in [-0.2, 0) is 0 Å². The third-order valence-corrected chi connectivity index (χ3v) is 4.11. The fraction of sp³-hybridized carbons (Fsp3) is 0.444. The second-order valence-corrected chi connectivity index (χ2v) is 6.55. The molecule has 6 nitrogen and oxygen atoms in total. The van der Waals surface area contributed by atoms with E-state index >= 15 is 0 Å². The van der Waals surface area contributed by atoms with Gasteiger partial charge in [0.15, 0.2) is 0 Å². The Balaban J connectivity index is 1.64. The monoisotopic (exact) mass is 326 g/mol. The average molecular weight is 326 g/mol. The highest BCUT2D eigenvalue weighted by atomic mass is 15.2. The molecule has 2 heterocycles. The predicted octanol–water partition coefficient (Wildman–Crippen LogP) is 2.79. The summed E-state index contributed by atoms with van der Waals surface area (Å²) < 4.78 is 0. The first-order chi connectivity index (χ1) is 11.6. The minimum absolute atomic E-state index is 0.343. The number of rotatable bonds is 5. The van der Waals surface area contributed by atoms with Crippen molar-refractivity contribution in [3.8, 4) is 0 Å². The van der Waals surface area contributed by atoms with Crippen molar-refractivity contribution in [3.63, 3.8) is 0 Å². The van der Waals surface area contributed by atoms with Crippen LogP contribution in [0.5, 0.6) is 0 Å². The number of piperazine rings is 1. The lowest BCUT2D eigenvalue weighted by Gasteiger charge is -2.34. The summed E-state index contributed by atoms with van der Waals surface area (Å²) in [6.45, 7) is 8.58. The topological polar surface area (TPSA) is 56.3 Å². The maximum absolute atomic E-state index is 4.28. The molecule has 1 aromatic carbocycles. The van der Waals surface area contributed by atoms with E-state index < -0.39 is 0 Å².